The molecule has 0 saturated carbocycles. The molecule has 1 amide bonds. The van der Waals surface area contributed by atoms with E-state index in [1.54, 1.807) is 49.6 Å². The number of methoxy groups -OCH3 is 2. The Labute approximate surface area is 192 Å². The topological polar surface area (TPSA) is 76.1 Å². The van der Waals surface area contributed by atoms with Crippen LogP contribution in [0.25, 0.3) is 5.76 Å². The second-order valence-corrected chi connectivity index (χ2v) is 7.93. The van der Waals surface area contributed by atoms with Crippen molar-refractivity contribution in [2.75, 3.05) is 19.1 Å². The number of anilines is 1. The lowest BCUT2D eigenvalue weighted by Gasteiger charge is -2.27. The Morgan fingerprint density at radius 3 is 2.24 bits per heavy atom. The van der Waals surface area contributed by atoms with Crippen LogP contribution < -0.4 is 14.4 Å². The molecule has 1 atom stereocenters. The van der Waals surface area contributed by atoms with Crippen LogP contribution >= 0.6 is 0 Å². The maximum Gasteiger partial charge on any atom is 0.300 e. The number of aliphatic hydroxyl groups excluding tert-OH is 1. The molecular weight excluding hydrogens is 418 g/mol. The number of rotatable bonds is 5. The van der Waals surface area contributed by atoms with Gasteiger partial charge in [0.05, 0.1) is 31.4 Å². The third kappa shape index (κ3) is 3.84. The fraction of sp³-hybridized carbons (Fsp3) is 0.185. The van der Waals surface area contributed by atoms with Crippen LogP contribution in [-0.2, 0) is 9.59 Å². The highest BCUT2D eigenvalue weighted by molar-refractivity contribution is 6.51. The Morgan fingerprint density at radius 2 is 1.61 bits per heavy atom. The van der Waals surface area contributed by atoms with E-state index < -0.39 is 17.7 Å². The van der Waals surface area contributed by atoms with Crippen LogP contribution in [0.4, 0.5) is 5.69 Å². The van der Waals surface area contributed by atoms with Crippen molar-refractivity contribution in [1.29, 1.82) is 0 Å². The Hall–Kier alpha value is -4.06. The molecule has 168 valence electrons. The van der Waals surface area contributed by atoms with Gasteiger partial charge in [-0.3, -0.25) is 14.5 Å². The van der Waals surface area contributed by atoms with Crippen molar-refractivity contribution in [2.24, 2.45) is 0 Å². The number of carbonyl (C=O) groups is 2. The van der Waals surface area contributed by atoms with Gasteiger partial charge in [0.2, 0.25) is 0 Å². The number of nitrogens with zero attached hydrogens (tertiary/aromatic N) is 1. The van der Waals surface area contributed by atoms with E-state index in [2.05, 4.69) is 0 Å². The van der Waals surface area contributed by atoms with Crippen molar-refractivity contribution < 1.29 is 24.2 Å². The molecule has 1 N–H and O–H groups in total. The first-order chi connectivity index (χ1) is 15.9. The summed E-state index contributed by atoms with van der Waals surface area (Å²) in [5.41, 5.74) is 3.37. The van der Waals surface area contributed by atoms with Crippen molar-refractivity contribution in [3.63, 3.8) is 0 Å². The molecule has 6 nitrogen and oxygen atoms in total. The molecule has 33 heavy (non-hydrogen) atoms. The Morgan fingerprint density at radius 1 is 0.909 bits per heavy atom. The molecule has 1 saturated heterocycles. The largest absolute Gasteiger partial charge is 0.507 e. The Balaban J connectivity index is 1.99. The van der Waals surface area contributed by atoms with E-state index in [-0.39, 0.29) is 11.3 Å². The highest BCUT2D eigenvalue weighted by Gasteiger charge is 2.47. The predicted octanol–water partition coefficient (Wildman–Crippen LogP) is 4.95. The molecule has 3 aromatic rings. The molecule has 1 heterocycles. The molecule has 0 aliphatic carbocycles. The van der Waals surface area contributed by atoms with E-state index in [1.165, 1.54) is 12.0 Å². The minimum atomic E-state index is -0.817. The van der Waals surface area contributed by atoms with Crippen LogP contribution in [0.15, 0.2) is 72.3 Å². The molecule has 0 bridgehead atoms. The van der Waals surface area contributed by atoms with Gasteiger partial charge in [-0.25, -0.2) is 0 Å². The van der Waals surface area contributed by atoms with E-state index >= 15 is 0 Å². The zero-order valence-electron chi connectivity index (χ0n) is 19.0. The van der Waals surface area contributed by atoms with Gasteiger partial charge in [-0.15, -0.1) is 0 Å². The fourth-order valence-corrected chi connectivity index (χ4v) is 4.17. The lowest BCUT2D eigenvalue weighted by Crippen LogP contribution is -2.30. The summed E-state index contributed by atoms with van der Waals surface area (Å²) in [5.74, 6) is -0.662. The summed E-state index contributed by atoms with van der Waals surface area (Å²) in [4.78, 5) is 28.1. The molecule has 6 heteroatoms. The van der Waals surface area contributed by atoms with Gasteiger partial charge in [-0.1, -0.05) is 42.0 Å². The number of aryl methyl sites for hydroxylation is 2. The number of amides is 1. The molecule has 1 aliphatic rings. The number of carbonyl (C=O) groups excluding carboxylic acids is 2. The van der Waals surface area contributed by atoms with Crippen LogP contribution in [0, 0.1) is 13.8 Å². The molecule has 1 fully saturated rings. The first-order valence-corrected chi connectivity index (χ1v) is 10.5. The average Bonchev–Trinajstić information content (AvgIpc) is 3.09. The normalized spacial score (nSPS) is 17.3. The number of Topliss-reactive ketones (excluding diaryl/α,β-unsaturated/α-hetero) is 1. The number of para-hydroxylation sites is 1. The maximum atomic E-state index is 13.3. The molecule has 1 unspecified atom stereocenters. The van der Waals surface area contributed by atoms with Gasteiger partial charge in [0.15, 0.2) is 0 Å². The second-order valence-electron chi connectivity index (χ2n) is 7.93. The quantitative estimate of drug-likeness (QED) is 0.343. The lowest BCUT2D eigenvalue weighted by molar-refractivity contribution is -0.132. The summed E-state index contributed by atoms with van der Waals surface area (Å²) in [6, 6.07) is 19.0. The molecule has 0 spiro atoms. The summed E-state index contributed by atoms with van der Waals surface area (Å²) in [7, 11) is 3.06. The number of aliphatic hydroxyl groups is 1. The predicted molar refractivity (Wildman–Crippen MR) is 127 cm³/mol. The summed E-state index contributed by atoms with van der Waals surface area (Å²) < 4.78 is 10.7. The molecular formula is C27H25NO5. The van der Waals surface area contributed by atoms with Crippen molar-refractivity contribution >= 4 is 23.1 Å². The van der Waals surface area contributed by atoms with Gasteiger partial charge in [-0.05, 0) is 55.3 Å². The van der Waals surface area contributed by atoms with Crippen molar-refractivity contribution in [2.45, 2.75) is 19.9 Å². The molecule has 4 rings (SSSR count). The van der Waals surface area contributed by atoms with Crippen LogP contribution in [-0.4, -0.2) is 31.0 Å². The Bertz CT molecular complexity index is 1260. The number of hydrogen-bond donors (Lipinski definition) is 1. The zero-order valence-corrected chi connectivity index (χ0v) is 19.0. The van der Waals surface area contributed by atoms with Crippen molar-refractivity contribution in [3.05, 3.63) is 94.6 Å². The third-order valence-electron chi connectivity index (χ3n) is 5.86. The molecule has 0 aromatic heterocycles. The van der Waals surface area contributed by atoms with E-state index in [9.17, 15) is 14.7 Å². The zero-order chi connectivity index (χ0) is 23.7. The van der Waals surface area contributed by atoms with Gasteiger partial charge < -0.3 is 14.6 Å². The Kier molecular flexibility index (Phi) is 5.92. The van der Waals surface area contributed by atoms with Crippen LogP contribution in [0.3, 0.4) is 0 Å². The van der Waals surface area contributed by atoms with Crippen LogP contribution in [0.1, 0.15) is 28.3 Å². The highest BCUT2D eigenvalue weighted by Crippen LogP contribution is 2.44. The second kappa shape index (κ2) is 8.82. The first-order valence-electron chi connectivity index (χ1n) is 10.5. The van der Waals surface area contributed by atoms with E-state index in [0.717, 1.165) is 11.1 Å². The van der Waals surface area contributed by atoms with Gasteiger partial charge in [0.25, 0.3) is 11.7 Å². The van der Waals surface area contributed by atoms with Gasteiger partial charge in [0, 0.05) is 5.69 Å². The summed E-state index contributed by atoms with van der Waals surface area (Å²) in [6.07, 6.45) is 0. The molecule has 3 aromatic carbocycles. The van der Waals surface area contributed by atoms with Gasteiger partial charge in [-0.2, -0.15) is 0 Å². The summed E-state index contributed by atoms with van der Waals surface area (Å²) in [5, 5.41) is 11.4. The monoisotopic (exact) mass is 443 g/mol. The standard InChI is InChI=1S/C27H25NO5/c1-16-9-14-22(33-4)20(15-16)25(29)23-24(18-10-12-19(32-3)13-11-18)28(27(31)26(23)30)21-8-6-5-7-17(21)2/h5-15,24,29H,1-4H3/b25-23+. The van der Waals surface area contributed by atoms with Crippen molar-refractivity contribution in [3.8, 4) is 11.5 Å². The number of ketones is 1. The minimum Gasteiger partial charge on any atom is -0.507 e. The minimum absolute atomic E-state index is 0.0114. The molecule has 1 aliphatic heterocycles. The molecule has 0 radical (unpaired) electrons. The van der Waals surface area contributed by atoms with Crippen molar-refractivity contribution in [1.82, 2.24) is 0 Å². The van der Waals surface area contributed by atoms with Crippen LogP contribution in [0.5, 0.6) is 11.5 Å². The fourth-order valence-electron chi connectivity index (χ4n) is 4.17. The number of benzene rings is 3. The average molecular weight is 443 g/mol. The van der Waals surface area contributed by atoms with Gasteiger partial charge >= 0.3 is 0 Å². The number of hydrogen-bond acceptors (Lipinski definition) is 5. The summed E-state index contributed by atoms with van der Waals surface area (Å²) in [6.45, 7) is 3.76. The summed E-state index contributed by atoms with van der Waals surface area (Å²) >= 11 is 0. The first kappa shape index (κ1) is 22.1. The lowest BCUT2D eigenvalue weighted by atomic mass is 9.94. The number of ether oxygens (including phenoxy) is 2. The van der Waals surface area contributed by atoms with E-state index in [0.29, 0.717) is 28.3 Å². The SMILES string of the molecule is COc1ccc(C2/C(=C(\O)c3cc(C)ccc3OC)C(=O)C(=O)N2c2ccccc2C)cc1. The maximum absolute atomic E-state index is 13.3. The highest BCUT2D eigenvalue weighted by atomic mass is 16.5. The van der Waals surface area contributed by atoms with E-state index in [4.69, 9.17) is 9.47 Å². The van der Waals surface area contributed by atoms with E-state index in [1.807, 2.05) is 38.1 Å². The third-order valence-corrected chi connectivity index (χ3v) is 5.86. The van der Waals surface area contributed by atoms with Crippen LogP contribution in [0.2, 0.25) is 0 Å². The van der Waals surface area contributed by atoms with Gasteiger partial charge in [0.1, 0.15) is 17.3 Å². The smallest absolute Gasteiger partial charge is 0.300 e.